The van der Waals surface area contributed by atoms with Gasteiger partial charge in [-0.3, -0.25) is 10.1 Å². The van der Waals surface area contributed by atoms with Crippen LogP contribution in [0.3, 0.4) is 0 Å². The molecule has 5 heteroatoms. The molecule has 0 bridgehead atoms. The molecule has 0 aliphatic carbocycles. The van der Waals surface area contributed by atoms with Crippen molar-refractivity contribution in [3.8, 4) is 0 Å². The Morgan fingerprint density at radius 2 is 1.88 bits per heavy atom. The first kappa shape index (κ1) is 16.2. The fourth-order valence-corrected chi connectivity index (χ4v) is 2.93. The van der Waals surface area contributed by atoms with Crippen molar-refractivity contribution in [1.29, 1.82) is 0 Å². The van der Waals surface area contributed by atoms with E-state index in [2.05, 4.69) is 0 Å². The second kappa shape index (κ2) is 6.09. The SMILES string of the molecule is CC(C)(CO)c1cn(Cc2ccccc2)c2cc([N+](=O)[O-])ccc12. The first-order valence-electron chi connectivity index (χ1n) is 7.85. The number of hydrogen-bond acceptors (Lipinski definition) is 3. The van der Waals surface area contributed by atoms with Crippen LogP contribution in [0.1, 0.15) is 25.0 Å². The quantitative estimate of drug-likeness (QED) is 0.572. The third-order valence-corrected chi connectivity index (χ3v) is 4.40. The summed E-state index contributed by atoms with van der Waals surface area (Å²) in [7, 11) is 0. The summed E-state index contributed by atoms with van der Waals surface area (Å²) >= 11 is 0. The molecular formula is C19H20N2O3. The second-order valence-corrected chi connectivity index (χ2v) is 6.66. The Labute approximate surface area is 140 Å². The van der Waals surface area contributed by atoms with Gasteiger partial charge in [0.25, 0.3) is 5.69 Å². The van der Waals surface area contributed by atoms with Gasteiger partial charge >= 0.3 is 0 Å². The fraction of sp³-hybridized carbons (Fsp3) is 0.263. The zero-order valence-electron chi connectivity index (χ0n) is 13.8. The first-order chi connectivity index (χ1) is 11.4. The highest BCUT2D eigenvalue weighted by atomic mass is 16.6. The third-order valence-electron chi connectivity index (χ3n) is 4.40. The van der Waals surface area contributed by atoms with Crippen LogP contribution in [-0.2, 0) is 12.0 Å². The van der Waals surface area contributed by atoms with E-state index in [9.17, 15) is 15.2 Å². The first-order valence-corrected chi connectivity index (χ1v) is 7.85. The summed E-state index contributed by atoms with van der Waals surface area (Å²) in [5, 5.41) is 21.8. The van der Waals surface area contributed by atoms with Crippen LogP contribution < -0.4 is 0 Å². The Balaban J connectivity index is 2.19. The van der Waals surface area contributed by atoms with Crippen LogP contribution >= 0.6 is 0 Å². The van der Waals surface area contributed by atoms with Crippen LogP contribution in [0.15, 0.2) is 54.7 Å². The smallest absolute Gasteiger partial charge is 0.271 e. The molecule has 0 aliphatic heterocycles. The average molecular weight is 324 g/mol. The van der Waals surface area contributed by atoms with Crippen molar-refractivity contribution in [1.82, 2.24) is 4.57 Å². The minimum atomic E-state index is -0.420. The molecule has 0 aliphatic rings. The van der Waals surface area contributed by atoms with Gasteiger partial charge in [0.15, 0.2) is 0 Å². The number of aromatic nitrogens is 1. The highest BCUT2D eigenvalue weighted by Gasteiger charge is 2.25. The number of rotatable bonds is 5. The van der Waals surface area contributed by atoms with Gasteiger partial charge in [-0.25, -0.2) is 0 Å². The summed E-state index contributed by atoms with van der Waals surface area (Å²) in [6.07, 6.45) is 2.00. The van der Waals surface area contributed by atoms with E-state index in [1.54, 1.807) is 12.1 Å². The van der Waals surface area contributed by atoms with Crippen LogP contribution in [0.5, 0.6) is 0 Å². The van der Waals surface area contributed by atoms with Gasteiger partial charge in [0.2, 0.25) is 0 Å². The lowest BCUT2D eigenvalue weighted by Gasteiger charge is -2.21. The van der Waals surface area contributed by atoms with E-state index in [4.69, 9.17) is 0 Å². The lowest BCUT2D eigenvalue weighted by molar-refractivity contribution is -0.384. The molecule has 0 saturated carbocycles. The van der Waals surface area contributed by atoms with Crippen LogP contribution in [0.4, 0.5) is 5.69 Å². The second-order valence-electron chi connectivity index (χ2n) is 6.66. The molecule has 24 heavy (non-hydrogen) atoms. The summed E-state index contributed by atoms with van der Waals surface area (Å²) < 4.78 is 2.02. The van der Waals surface area contributed by atoms with Crippen LogP contribution in [-0.4, -0.2) is 21.2 Å². The number of non-ortho nitro benzene ring substituents is 1. The van der Waals surface area contributed by atoms with Crippen LogP contribution in [0.25, 0.3) is 10.9 Å². The van der Waals surface area contributed by atoms with E-state index in [-0.39, 0.29) is 17.2 Å². The molecule has 1 N–H and O–H groups in total. The third kappa shape index (κ3) is 2.90. The maximum atomic E-state index is 11.1. The summed E-state index contributed by atoms with van der Waals surface area (Å²) in [5.74, 6) is 0. The van der Waals surface area contributed by atoms with E-state index in [0.717, 1.165) is 22.0 Å². The van der Waals surface area contributed by atoms with Crippen LogP contribution in [0, 0.1) is 10.1 Å². The van der Waals surface area contributed by atoms with Gasteiger partial charge in [-0.2, -0.15) is 0 Å². The molecule has 5 nitrogen and oxygen atoms in total. The summed E-state index contributed by atoms with van der Waals surface area (Å²) in [4.78, 5) is 10.8. The molecule has 0 saturated heterocycles. The van der Waals surface area contributed by atoms with E-state index >= 15 is 0 Å². The molecule has 124 valence electrons. The highest BCUT2D eigenvalue weighted by molar-refractivity contribution is 5.87. The molecule has 2 aromatic carbocycles. The van der Waals surface area contributed by atoms with Crippen molar-refractivity contribution >= 4 is 16.6 Å². The molecule has 0 unspecified atom stereocenters. The van der Waals surface area contributed by atoms with Gasteiger partial charge in [-0.05, 0) is 17.2 Å². The predicted molar refractivity (Wildman–Crippen MR) is 94.2 cm³/mol. The van der Waals surface area contributed by atoms with Crippen molar-refractivity contribution in [2.75, 3.05) is 6.61 Å². The number of benzene rings is 2. The molecule has 0 spiro atoms. The van der Waals surface area contributed by atoms with Crippen molar-refractivity contribution in [2.45, 2.75) is 25.8 Å². The maximum absolute atomic E-state index is 11.1. The number of nitro groups is 1. The molecular weight excluding hydrogens is 304 g/mol. The zero-order chi connectivity index (χ0) is 17.3. The normalized spacial score (nSPS) is 11.8. The van der Waals surface area contributed by atoms with Gasteiger partial charge in [0.1, 0.15) is 0 Å². The average Bonchev–Trinajstić information content (AvgIpc) is 2.94. The topological polar surface area (TPSA) is 68.3 Å². The number of hydrogen-bond donors (Lipinski definition) is 1. The number of nitro benzene ring substituents is 1. The molecule has 0 atom stereocenters. The molecule has 3 rings (SSSR count). The molecule has 0 fully saturated rings. The molecule has 3 aromatic rings. The largest absolute Gasteiger partial charge is 0.395 e. The van der Waals surface area contributed by atoms with Gasteiger partial charge in [-0.1, -0.05) is 44.2 Å². The summed E-state index contributed by atoms with van der Waals surface area (Å²) in [6, 6.07) is 14.9. The van der Waals surface area contributed by atoms with Gasteiger partial charge in [-0.15, -0.1) is 0 Å². The Bertz CT molecular complexity index is 882. The van der Waals surface area contributed by atoms with E-state index in [0.29, 0.717) is 6.54 Å². The van der Waals surface area contributed by atoms with E-state index in [1.165, 1.54) is 6.07 Å². The summed E-state index contributed by atoms with van der Waals surface area (Å²) in [6.45, 7) is 4.57. The number of aliphatic hydroxyl groups excluding tert-OH is 1. The van der Waals surface area contributed by atoms with Crippen molar-refractivity contribution in [2.24, 2.45) is 0 Å². The Hall–Kier alpha value is -2.66. The van der Waals surface area contributed by atoms with E-state index in [1.807, 2.05) is 54.9 Å². The lowest BCUT2D eigenvalue weighted by Crippen LogP contribution is -2.21. The van der Waals surface area contributed by atoms with Gasteiger partial charge in [0, 0.05) is 35.7 Å². The standard InChI is InChI=1S/C19H20N2O3/c1-19(2,13-22)17-12-20(11-14-6-4-3-5-7-14)18-10-15(21(23)24)8-9-16(17)18/h3-10,12,22H,11,13H2,1-2H3. The monoisotopic (exact) mass is 324 g/mol. The van der Waals surface area contributed by atoms with Gasteiger partial charge in [0.05, 0.1) is 17.0 Å². The van der Waals surface area contributed by atoms with Crippen LogP contribution in [0.2, 0.25) is 0 Å². The predicted octanol–water partition coefficient (Wildman–Crippen LogP) is 3.87. The van der Waals surface area contributed by atoms with Crippen molar-refractivity contribution in [3.63, 3.8) is 0 Å². The molecule has 1 aromatic heterocycles. The van der Waals surface area contributed by atoms with Gasteiger partial charge < -0.3 is 9.67 Å². The molecule has 1 heterocycles. The zero-order valence-corrected chi connectivity index (χ0v) is 13.8. The van der Waals surface area contributed by atoms with Crippen molar-refractivity contribution < 1.29 is 10.0 Å². The molecule has 0 radical (unpaired) electrons. The Kier molecular flexibility index (Phi) is 4.11. The highest BCUT2D eigenvalue weighted by Crippen LogP contribution is 2.34. The molecule has 0 amide bonds. The fourth-order valence-electron chi connectivity index (χ4n) is 2.93. The minimum Gasteiger partial charge on any atom is -0.395 e. The number of aliphatic hydroxyl groups is 1. The van der Waals surface area contributed by atoms with Crippen molar-refractivity contribution in [3.05, 3.63) is 76.0 Å². The Morgan fingerprint density at radius 1 is 1.17 bits per heavy atom. The minimum absolute atomic E-state index is 0.00837. The number of nitrogens with zero attached hydrogens (tertiary/aromatic N) is 2. The maximum Gasteiger partial charge on any atom is 0.271 e. The van der Waals surface area contributed by atoms with E-state index < -0.39 is 5.41 Å². The lowest BCUT2D eigenvalue weighted by atomic mass is 9.85. The number of fused-ring (bicyclic) bond motifs is 1. The summed E-state index contributed by atoms with van der Waals surface area (Å²) in [5.41, 5.74) is 2.57. The Morgan fingerprint density at radius 3 is 2.50 bits per heavy atom.